The first-order chi connectivity index (χ1) is 5.42. The van der Waals surface area contributed by atoms with Gasteiger partial charge < -0.3 is 0 Å². The zero-order chi connectivity index (χ0) is 7.68. The largest absolute Gasteiger partial charge is 0.290 e. The van der Waals surface area contributed by atoms with E-state index >= 15 is 0 Å². The summed E-state index contributed by atoms with van der Waals surface area (Å²) in [5, 5.41) is 11.6. The Bertz CT molecular complexity index is 371. The van der Waals surface area contributed by atoms with Gasteiger partial charge in [-0.3, -0.25) is 10.7 Å². The number of aromatic nitrogens is 1. The van der Waals surface area contributed by atoms with E-state index in [1.54, 1.807) is 17.5 Å². The fourth-order valence-corrected chi connectivity index (χ4v) is 1.77. The second kappa shape index (κ2) is 2.48. The Morgan fingerprint density at radius 3 is 3.18 bits per heavy atom. The second-order valence-corrected chi connectivity index (χ2v) is 3.05. The maximum absolute atomic E-state index is 8.65. The molecule has 0 spiro atoms. The van der Waals surface area contributed by atoms with Crippen LogP contribution in [-0.4, -0.2) is 10.2 Å². The van der Waals surface area contributed by atoms with E-state index in [0.29, 0.717) is 5.82 Å². The van der Waals surface area contributed by atoms with Gasteiger partial charge in [-0.1, -0.05) is 0 Å². The first-order valence-corrected chi connectivity index (χ1v) is 4.02. The molecule has 0 aromatic carbocycles. The van der Waals surface area contributed by atoms with Crippen LogP contribution in [0.3, 0.4) is 0 Å². The van der Waals surface area contributed by atoms with Crippen LogP contribution in [0.15, 0.2) is 23.7 Å². The van der Waals surface area contributed by atoms with Gasteiger partial charge in [0.05, 0.1) is 0 Å². The van der Waals surface area contributed by atoms with Crippen LogP contribution >= 0.6 is 11.3 Å². The molecule has 0 saturated carbocycles. The summed E-state index contributed by atoms with van der Waals surface area (Å²) in [5.74, 6) is 0.517. The SMILES string of the molecule is ONc1nccc2sccc12. The molecule has 2 rings (SSSR count). The summed E-state index contributed by atoms with van der Waals surface area (Å²) in [7, 11) is 0. The molecule has 0 aliphatic heterocycles. The van der Waals surface area contributed by atoms with Crippen molar-refractivity contribution < 1.29 is 5.21 Å². The molecule has 0 unspecified atom stereocenters. The average molecular weight is 166 g/mol. The van der Waals surface area contributed by atoms with E-state index in [-0.39, 0.29) is 0 Å². The van der Waals surface area contributed by atoms with Crippen molar-refractivity contribution in [2.24, 2.45) is 0 Å². The van der Waals surface area contributed by atoms with Crippen LogP contribution < -0.4 is 5.48 Å². The van der Waals surface area contributed by atoms with Crippen LogP contribution in [0.25, 0.3) is 10.1 Å². The van der Waals surface area contributed by atoms with Crippen LogP contribution in [-0.2, 0) is 0 Å². The quantitative estimate of drug-likeness (QED) is 0.637. The first-order valence-electron chi connectivity index (χ1n) is 3.14. The van der Waals surface area contributed by atoms with Crippen LogP contribution in [0.5, 0.6) is 0 Å². The lowest BCUT2D eigenvalue weighted by atomic mass is 10.3. The number of thiophene rings is 1. The van der Waals surface area contributed by atoms with Crippen molar-refractivity contribution >= 4 is 27.2 Å². The molecule has 0 amide bonds. The van der Waals surface area contributed by atoms with Crippen molar-refractivity contribution in [2.45, 2.75) is 0 Å². The van der Waals surface area contributed by atoms with Gasteiger partial charge in [0.2, 0.25) is 0 Å². The first kappa shape index (κ1) is 6.57. The number of nitrogens with one attached hydrogen (secondary N) is 1. The van der Waals surface area contributed by atoms with Crippen LogP contribution in [0.2, 0.25) is 0 Å². The minimum atomic E-state index is 0.517. The predicted octanol–water partition coefficient (Wildman–Crippen LogP) is 2.10. The molecule has 0 saturated heterocycles. The van der Waals surface area contributed by atoms with E-state index in [1.807, 2.05) is 17.5 Å². The van der Waals surface area contributed by atoms with Crippen molar-refractivity contribution in [3.63, 3.8) is 0 Å². The zero-order valence-electron chi connectivity index (χ0n) is 5.61. The van der Waals surface area contributed by atoms with Gasteiger partial charge in [-0.15, -0.1) is 11.3 Å². The Labute approximate surface area is 67.3 Å². The number of rotatable bonds is 1. The van der Waals surface area contributed by atoms with Gasteiger partial charge in [0.15, 0.2) is 5.82 Å². The minimum absolute atomic E-state index is 0.517. The molecule has 11 heavy (non-hydrogen) atoms. The summed E-state index contributed by atoms with van der Waals surface area (Å²) in [6, 6.07) is 3.84. The molecule has 0 atom stereocenters. The van der Waals surface area contributed by atoms with E-state index in [1.165, 1.54) is 0 Å². The van der Waals surface area contributed by atoms with E-state index < -0.39 is 0 Å². The Hall–Kier alpha value is -1.13. The summed E-state index contributed by atoms with van der Waals surface area (Å²) in [6.07, 6.45) is 1.66. The maximum Gasteiger partial charge on any atom is 0.158 e. The highest BCUT2D eigenvalue weighted by atomic mass is 32.1. The lowest BCUT2D eigenvalue weighted by molar-refractivity contribution is 0.387. The summed E-state index contributed by atoms with van der Waals surface area (Å²) < 4.78 is 1.12. The number of hydrogen-bond acceptors (Lipinski definition) is 4. The van der Waals surface area contributed by atoms with Crippen molar-refractivity contribution in [1.82, 2.24) is 4.98 Å². The Morgan fingerprint density at radius 2 is 2.36 bits per heavy atom. The Kier molecular flexibility index (Phi) is 1.48. The van der Waals surface area contributed by atoms with Crippen LogP contribution in [0.4, 0.5) is 5.82 Å². The predicted molar refractivity (Wildman–Crippen MR) is 45.0 cm³/mol. The van der Waals surface area contributed by atoms with E-state index in [2.05, 4.69) is 10.5 Å². The average Bonchev–Trinajstić information content (AvgIpc) is 2.50. The van der Waals surface area contributed by atoms with Gasteiger partial charge in [0.25, 0.3) is 0 Å². The highest BCUT2D eigenvalue weighted by molar-refractivity contribution is 7.17. The number of anilines is 1. The topological polar surface area (TPSA) is 45.1 Å². The summed E-state index contributed by atoms with van der Waals surface area (Å²) >= 11 is 1.63. The number of hydrogen-bond donors (Lipinski definition) is 2. The molecule has 56 valence electrons. The normalized spacial score (nSPS) is 10.3. The monoisotopic (exact) mass is 166 g/mol. The zero-order valence-corrected chi connectivity index (χ0v) is 6.43. The van der Waals surface area contributed by atoms with Crippen LogP contribution in [0, 0.1) is 0 Å². The standard InChI is InChI=1S/C7H6N2OS/c10-9-7-5-2-4-11-6(5)1-3-8-7/h1-4,10H,(H,8,9). The Balaban J connectivity index is 2.79. The second-order valence-electron chi connectivity index (χ2n) is 2.10. The van der Waals surface area contributed by atoms with Crippen molar-refractivity contribution in [1.29, 1.82) is 0 Å². The van der Waals surface area contributed by atoms with Gasteiger partial charge in [-0.05, 0) is 17.5 Å². The smallest absolute Gasteiger partial charge is 0.158 e. The molecule has 0 fully saturated rings. The molecule has 0 bridgehead atoms. The molecule has 2 aromatic heterocycles. The summed E-state index contributed by atoms with van der Waals surface area (Å²) in [5.41, 5.74) is 2.05. The highest BCUT2D eigenvalue weighted by Gasteiger charge is 1.99. The number of nitrogens with zero attached hydrogens (tertiary/aromatic N) is 1. The molecule has 0 aliphatic rings. The summed E-state index contributed by atoms with van der Waals surface area (Å²) in [4.78, 5) is 3.94. The van der Waals surface area contributed by atoms with E-state index in [4.69, 9.17) is 5.21 Å². The minimum Gasteiger partial charge on any atom is -0.290 e. The van der Waals surface area contributed by atoms with Gasteiger partial charge in [0.1, 0.15) is 0 Å². The lowest BCUT2D eigenvalue weighted by Gasteiger charge is -1.96. The molecule has 2 N–H and O–H groups in total. The highest BCUT2D eigenvalue weighted by Crippen LogP contribution is 2.24. The Morgan fingerprint density at radius 1 is 1.45 bits per heavy atom. The summed E-state index contributed by atoms with van der Waals surface area (Å²) in [6.45, 7) is 0. The molecule has 2 heterocycles. The maximum atomic E-state index is 8.65. The number of pyridine rings is 1. The van der Waals surface area contributed by atoms with Crippen molar-refractivity contribution in [2.75, 3.05) is 5.48 Å². The van der Waals surface area contributed by atoms with Gasteiger partial charge in [0, 0.05) is 16.3 Å². The van der Waals surface area contributed by atoms with E-state index in [0.717, 1.165) is 10.1 Å². The van der Waals surface area contributed by atoms with Crippen molar-refractivity contribution in [3.8, 4) is 0 Å². The lowest BCUT2D eigenvalue weighted by Crippen LogP contribution is -1.91. The van der Waals surface area contributed by atoms with Crippen molar-refractivity contribution in [3.05, 3.63) is 23.7 Å². The fourth-order valence-electron chi connectivity index (χ4n) is 0.984. The fraction of sp³-hybridized carbons (Fsp3) is 0. The molecule has 2 aromatic rings. The molecule has 4 heteroatoms. The van der Waals surface area contributed by atoms with E-state index in [9.17, 15) is 0 Å². The molecular weight excluding hydrogens is 160 g/mol. The number of fused-ring (bicyclic) bond motifs is 1. The van der Waals surface area contributed by atoms with Gasteiger partial charge in [-0.2, -0.15) is 0 Å². The van der Waals surface area contributed by atoms with Crippen LogP contribution in [0.1, 0.15) is 0 Å². The third kappa shape index (κ3) is 0.961. The molecular formula is C7H6N2OS. The van der Waals surface area contributed by atoms with Gasteiger partial charge >= 0.3 is 0 Å². The third-order valence-electron chi connectivity index (χ3n) is 1.49. The molecule has 0 aliphatic carbocycles. The van der Waals surface area contributed by atoms with Gasteiger partial charge in [-0.25, -0.2) is 4.98 Å². The molecule has 0 radical (unpaired) electrons. The molecule has 3 nitrogen and oxygen atoms in total. The third-order valence-corrected chi connectivity index (χ3v) is 2.37.